The van der Waals surface area contributed by atoms with Gasteiger partial charge in [0.25, 0.3) is 0 Å². The molecule has 0 aromatic heterocycles. The summed E-state index contributed by atoms with van der Waals surface area (Å²) < 4.78 is 5.58. The van der Waals surface area contributed by atoms with E-state index in [4.69, 9.17) is 0 Å². The normalized spacial score (nSPS) is 18.6. The predicted molar refractivity (Wildman–Crippen MR) is 72.5 cm³/mol. The Bertz CT molecular complexity index is 459. The van der Waals surface area contributed by atoms with Crippen LogP contribution >= 0.6 is 15.9 Å². The number of carbonyl (C=O) groups excluding carboxylic acids is 1. The molecular formula is C12H14BrN3O2. The first kappa shape index (κ1) is 12.9. The fraction of sp³-hybridized carbons (Fsp3) is 0.333. The Morgan fingerprint density at radius 1 is 1.50 bits per heavy atom. The van der Waals surface area contributed by atoms with E-state index in [0.717, 1.165) is 16.5 Å². The van der Waals surface area contributed by atoms with Gasteiger partial charge in [-0.25, -0.2) is 4.79 Å². The summed E-state index contributed by atoms with van der Waals surface area (Å²) in [5.74, 6) is 0.459. The summed E-state index contributed by atoms with van der Waals surface area (Å²) >= 11 is 3.41. The monoisotopic (exact) mass is 311 g/mol. The molecule has 5 nitrogen and oxygen atoms in total. The zero-order valence-electron chi connectivity index (χ0n) is 9.94. The van der Waals surface area contributed by atoms with Crippen molar-refractivity contribution in [3.8, 4) is 0 Å². The number of carbonyl (C=O) groups is 1. The van der Waals surface area contributed by atoms with Crippen molar-refractivity contribution in [1.29, 1.82) is 0 Å². The number of rotatable bonds is 1. The highest BCUT2D eigenvalue weighted by atomic mass is 79.9. The van der Waals surface area contributed by atoms with Crippen molar-refractivity contribution < 1.29 is 9.53 Å². The number of nitrogens with one attached hydrogen (secondary N) is 2. The van der Waals surface area contributed by atoms with Crippen LogP contribution in [0, 0.1) is 0 Å². The van der Waals surface area contributed by atoms with Gasteiger partial charge < -0.3 is 10.1 Å². The smallest absolute Gasteiger partial charge is 0.413 e. The van der Waals surface area contributed by atoms with Crippen molar-refractivity contribution in [2.24, 2.45) is 4.99 Å². The van der Waals surface area contributed by atoms with Crippen molar-refractivity contribution in [2.45, 2.75) is 12.5 Å². The number of amides is 1. The lowest BCUT2D eigenvalue weighted by Gasteiger charge is -2.24. The molecule has 96 valence electrons. The largest absolute Gasteiger partial charge is 0.453 e. The number of methoxy groups -OCH3 is 1. The highest BCUT2D eigenvalue weighted by Gasteiger charge is 2.18. The second-order valence-electron chi connectivity index (χ2n) is 3.88. The molecule has 1 unspecified atom stereocenters. The molecule has 0 bridgehead atoms. The lowest BCUT2D eigenvalue weighted by molar-refractivity contribution is 0.176. The SMILES string of the molecule is COC(=O)NC1=NCCC(c2ccc(Br)cc2)N1. The van der Waals surface area contributed by atoms with Crippen LogP contribution in [0.3, 0.4) is 0 Å². The molecule has 0 aliphatic carbocycles. The lowest BCUT2D eigenvalue weighted by atomic mass is 10.0. The standard InChI is InChI=1S/C12H14BrN3O2/c1-18-12(17)16-11-14-7-6-10(15-11)8-2-4-9(13)5-3-8/h2-5,10H,6-7H2,1H3,(H2,14,15,16,17). The number of alkyl carbamates (subject to hydrolysis) is 1. The van der Waals surface area contributed by atoms with E-state index in [-0.39, 0.29) is 6.04 Å². The Labute approximate surface area is 114 Å². The molecule has 6 heteroatoms. The third kappa shape index (κ3) is 3.22. The van der Waals surface area contributed by atoms with Crippen LogP contribution in [0.5, 0.6) is 0 Å². The second kappa shape index (κ2) is 5.86. The van der Waals surface area contributed by atoms with Gasteiger partial charge in [-0.2, -0.15) is 0 Å². The molecule has 0 spiro atoms. The molecule has 1 aromatic carbocycles. The number of guanidine groups is 1. The second-order valence-corrected chi connectivity index (χ2v) is 4.80. The van der Waals surface area contributed by atoms with Crippen LogP contribution in [-0.2, 0) is 4.74 Å². The Hall–Kier alpha value is -1.56. The van der Waals surface area contributed by atoms with Crippen molar-refractivity contribution >= 4 is 28.0 Å². The summed E-state index contributed by atoms with van der Waals surface area (Å²) in [4.78, 5) is 15.3. The van der Waals surface area contributed by atoms with Gasteiger partial charge in [-0.15, -0.1) is 0 Å². The van der Waals surface area contributed by atoms with E-state index in [1.165, 1.54) is 7.11 Å². The molecule has 1 heterocycles. The van der Waals surface area contributed by atoms with E-state index in [1.54, 1.807) is 0 Å². The maximum absolute atomic E-state index is 11.1. The van der Waals surface area contributed by atoms with E-state index in [1.807, 2.05) is 24.3 Å². The van der Waals surface area contributed by atoms with E-state index in [2.05, 4.69) is 36.3 Å². The summed E-state index contributed by atoms with van der Waals surface area (Å²) in [6.45, 7) is 0.674. The van der Waals surface area contributed by atoms with Crippen molar-refractivity contribution in [3.63, 3.8) is 0 Å². The number of hydrogen-bond donors (Lipinski definition) is 2. The number of aliphatic imine (C=N–C) groups is 1. The van der Waals surface area contributed by atoms with Crippen LogP contribution in [0.15, 0.2) is 33.7 Å². The molecule has 1 atom stereocenters. The molecule has 1 amide bonds. The van der Waals surface area contributed by atoms with Crippen LogP contribution in [0.2, 0.25) is 0 Å². The minimum absolute atomic E-state index is 0.155. The number of nitrogens with zero attached hydrogens (tertiary/aromatic N) is 1. The van der Waals surface area contributed by atoms with Gasteiger partial charge in [0.05, 0.1) is 13.2 Å². The van der Waals surface area contributed by atoms with E-state index in [9.17, 15) is 4.79 Å². The maximum atomic E-state index is 11.1. The molecule has 1 aliphatic heterocycles. The Kier molecular flexibility index (Phi) is 4.19. The molecule has 0 saturated heterocycles. The minimum atomic E-state index is -0.516. The van der Waals surface area contributed by atoms with Crippen molar-refractivity contribution in [1.82, 2.24) is 10.6 Å². The summed E-state index contributed by atoms with van der Waals surface area (Å²) in [6, 6.07) is 8.24. The molecule has 18 heavy (non-hydrogen) atoms. The number of ether oxygens (including phenoxy) is 1. The van der Waals surface area contributed by atoms with Gasteiger partial charge in [0.2, 0.25) is 5.96 Å². The van der Waals surface area contributed by atoms with Crippen LogP contribution in [0.4, 0.5) is 4.79 Å². The first-order chi connectivity index (χ1) is 8.69. The molecule has 1 aromatic rings. The Balaban J connectivity index is 2.03. The highest BCUT2D eigenvalue weighted by molar-refractivity contribution is 9.10. The Morgan fingerprint density at radius 3 is 2.89 bits per heavy atom. The average molecular weight is 312 g/mol. The average Bonchev–Trinajstić information content (AvgIpc) is 2.40. The molecule has 2 rings (SSSR count). The predicted octanol–water partition coefficient (Wildman–Crippen LogP) is 2.20. The molecule has 0 radical (unpaired) electrons. The quantitative estimate of drug-likeness (QED) is 0.835. The molecule has 0 fully saturated rings. The van der Waals surface area contributed by atoms with E-state index in [0.29, 0.717) is 12.5 Å². The first-order valence-electron chi connectivity index (χ1n) is 5.60. The number of hydrogen-bond acceptors (Lipinski definition) is 4. The van der Waals surface area contributed by atoms with Crippen LogP contribution in [-0.4, -0.2) is 25.7 Å². The van der Waals surface area contributed by atoms with Gasteiger partial charge in [0, 0.05) is 11.0 Å². The summed E-state index contributed by atoms with van der Waals surface area (Å²) in [5, 5.41) is 5.73. The zero-order valence-corrected chi connectivity index (χ0v) is 11.5. The van der Waals surface area contributed by atoms with E-state index < -0.39 is 6.09 Å². The molecule has 1 aliphatic rings. The number of benzene rings is 1. The lowest BCUT2D eigenvalue weighted by Crippen LogP contribution is -2.45. The summed E-state index contributed by atoms with van der Waals surface area (Å²) in [5.41, 5.74) is 1.16. The van der Waals surface area contributed by atoms with Gasteiger partial charge >= 0.3 is 6.09 Å². The third-order valence-corrected chi connectivity index (χ3v) is 3.21. The van der Waals surface area contributed by atoms with Crippen LogP contribution < -0.4 is 10.6 Å². The van der Waals surface area contributed by atoms with Gasteiger partial charge in [-0.05, 0) is 24.1 Å². The topological polar surface area (TPSA) is 62.7 Å². The first-order valence-corrected chi connectivity index (χ1v) is 6.40. The third-order valence-electron chi connectivity index (χ3n) is 2.68. The van der Waals surface area contributed by atoms with Crippen LogP contribution in [0.1, 0.15) is 18.0 Å². The van der Waals surface area contributed by atoms with Gasteiger partial charge in [-0.1, -0.05) is 28.1 Å². The van der Waals surface area contributed by atoms with E-state index >= 15 is 0 Å². The van der Waals surface area contributed by atoms with Crippen molar-refractivity contribution in [2.75, 3.05) is 13.7 Å². The maximum Gasteiger partial charge on any atom is 0.413 e. The fourth-order valence-electron chi connectivity index (χ4n) is 1.76. The van der Waals surface area contributed by atoms with Crippen molar-refractivity contribution in [3.05, 3.63) is 34.3 Å². The van der Waals surface area contributed by atoms with Crippen LogP contribution in [0.25, 0.3) is 0 Å². The van der Waals surface area contributed by atoms with Gasteiger partial charge in [0.1, 0.15) is 0 Å². The van der Waals surface area contributed by atoms with Gasteiger partial charge in [0.15, 0.2) is 0 Å². The minimum Gasteiger partial charge on any atom is -0.453 e. The molecule has 0 saturated carbocycles. The van der Waals surface area contributed by atoms with Gasteiger partial charge in [-0.3, -0.25) is 10.3 Å². The summed E-state index contributed by atoms with van der Waals surface area (Å²) in [7, 11) is 1.32. The molecule has 2 N–H and O–H groups in total. The number of halogens is 1. The Morgan fingerprint density at radius 2 is 2.22 bits per heavy atom. The fourth-order valence-corrected chi connectivity index (χ4v) is 2.02. The summed E-state index contributed by atoms with van der Waals surface area (Å²) in [6.07, 6.45) is 0.381. The highest BCUT2D eigenvalue weighted by Crippen LogP contribution is 2.21. The molecular weight excluding hydrogens is 298 g/mol. The zero-order chi connectivity index (χ0) is 13.0.